The normalized spacial score (nSPS) is 13.8. The highest BCUT2D eigenvalue weighted by Crippen LogP contribution is 2.02. The summed E-state index contributed by atoms with van der Waals surface area (Å²) in [5.74, 6) is -2.11. The van der Waals surface area contributed by atoms with Crippen molar-refractivity contribution in [1.29, 1.82) is 0 Å². The first-order valence-electron chi connectivity index (χ1n) is 5.71. The van der Waals surface area contributed by atoms with Gasteiger partial charge in [0.25, 0.3) is 0 Å². The molecule has 2 amide bonds. The van der Waals surface area contributed by atoms with Gasteiger partial charge in [0.05, 0.1) is 0 Å². The summed E-state index contributed by atoms with van der Waals surface area (Å²) in [6.07, 6.45) is -1.57. The number of hydrogen-bond acceptors (Lipinski definition) is 4. The Bertz CT molecular complexity index is 317. The van der Waals surface area contributed by atoms with Gasteiger partial charge < -0.3 is 20.8 Å². The van der Waals surface area contributed by atoms with E-state index < -0.39 is 24.0 Å². The Morgan fingerprint density at radius 3 is 2.17 bits per heavy atom. The molecule has 7 heteroatoms. The van der Waals surface area contributed by atoms with Crippen molar-refractivity contribution in [2.45, 2.75) is 39.3 Å². The lowest BCUT2D eigenvalue weighted by Gasteiger charge is -2.21. The summed E-state index contributed by atoms with van der Waals surface area (Å²) in [6.45, 7) is 4.92. The van der Waals surface area contributed by atoms with Gasteiger partial charge in [-0.25, -0.2) is 4.79 Å². The van der Waals surface area contributed by atoms with E-state index in [2.05, 4.69) is 10.6 Å². The third kappa shape index (κ3) is 6.19. The molecule has 0 aromatic carbocycles. The standard InChI is InChI=1S/C11H20N2O5/c1-6(2)9(13-7(3)14)10(16)12-5-4-8(15)11(17)18/h6,8-9,15H,4-5H2,1-3H3,(H,12,16)(H,13,14)(H,17,18)/t8-,9?/m0/s1. The second-order valence-electron chi connectivity index (χ2n) is 4.36. The molecule has 0 aromatic rings. The van der Waals surface area contributed by atoms with Crippen LogP contribution in [0.25, 0.3) is 0 Å². The Labute approximate surface area is 106 Å². The van der Waals surface area contributed by atoms with Crippen molar-refractivity contribution in [3.63, 3.8) is 0 Å². The minimum absolute atomic E-state index is 0.0368. The Morgan fingerprint density at radius 1 is 1.22 bits per heavy atom. The van der Waals surface area contributed by atoms with Gasteiger partial charge in [-0.05, 0) is 5.92 Å². The van der Waals surface area contributed by atoms with Crippen molar-refractivity contribution >= 4 is 17.8 Å². The number of aliphatic hydroxyl groups is 1. The fourth-order valence-electron chi connectivity index (χ4n) is 1.32. The van der Waals surface area contributed by atoms with E-state index in [-0.39, 0.29) is 24.8 Å². The number of rotatable bonds is 7. The molecule has 0 heterocycles. The van der Waals surface area contributed by atoms with E-state index in [0.29, 0.717) is 0 Å². The average Bonchev–Trinajstić information content (AvgIpc) is 2.24. The lowest BCUT2D eigenvalue weighted by molar-refractivity contribution is -0.147. The molecule has 0 bridgehead atoms. The van der Waals surface area contributed by atoms with Crippen molar-refractivity contribution in [3.8, 4) is 0 Å². The van der Waals surface area contributed by atoms with Gasteiger partial charge in [0.15, 0.2) is 6.10 Å². The zero-order valence-electron chi connectivity index (χ0n) is 10.8. The van der Waals surface area contributed by atoms with Gasteiger partial charge >= 0.3 is 5.97 Å². The zero-order valence-corrected chi connectivity index (χ0v) is 10.8. The molecule has 0 rings (SSSR count). The van der Waals surface area contributed by atoms with E-state index >= 15 is 0 Å². The van der Waals surface area contributed by atoms with Crippen molar-refractivity contribution in [3.05, 3.63) is 0 Å². The van der Waals surface area contributed by atoms with Gasteiger partial charge in [-0.3, -0.25) is 9.59 Å². The van der Waals surface area contributed by atoms with Crippen LogP contribution in [0.1, 0.15) is 27.2 Å². The van der Waals surface area contributed by atoms with Gasteiger partial charge in [0.1, 0.15) is 6.04 Å². The molecule has 18 heavy (non-hydrogen) atoms. The molecule has 0 spiro atoms. The summed E-state index contributed by atoms with van der Waals surface area (Å²) in [5.41, 5.74) is 0. The van der Waals surface area contributed by atoms with E-state index in [1.54, 1.807) is 13.8 Å². The average molecular weight is 260 g/mol. The zero-order chi connectivity index (χ0) is 14.3. The molecule has 0 fully saturated rings. The minimum Gasteiger partial charge on any atom is -0.479 e. The van der Waals surface area contributed by atoms with Gasteiger partial charge in [-0.2, -0.15) is 0 Å². The first-order valence-corrected chi connectivity index (χ1v) is 5.71. The van der Waals surface area contributed by atoms with Crippen LogP contribution in [0, 0.1) is 5.92 Å². The first-order chi connectivity index (χ1) is 8.25. The number of carboxylic acids is 1. The van der Waals surface area contributed by atoms with E-state index in [9.17, 15) is 14.4 Å². The van der Waals surface area contributed by atoms with Crippen LogP contribution >= 0.6 is 0 Å². The van der Waals surface area contributed by atoms with Gasteiger partial charge in [0.2, 0.25) is 11.8 Å². The molecule has 0 aliphatic rings. The van der Waals surface area contributed by atoms with Crippen LogP contribution in [0.4, 0.5) is 0 Å². The summed E-state index contributed by atoms with van der Waals surface area (Å²) in [7, 11) is 0. The summed E-state index contributed by atoms with van der Waals surface area (Å²) < 4.78 is 0. The van der Waals surface area contributed by atoms with Crippen LogP contribution in [-0.2, 0) is 14.4 Å². The third-order valence-corrected chi connectivity index (χ3v) is 2.31. The smallest absolute Gasteiger partial charge is 0.332 e. The van der Waals surface area contributed by atoms with Crippen molar-refractivity contribution in [1.82, 2.24) is 10.6 Å². The van der Waals surface area contributed by atoms with Crippen molar-refractivity contribution < 1.29 is 24.6 Å². The van der Waals surface area contributed by atoms with E-state index in [4.69, 9.17) is 10.2 Å². The fraction of sp³-hybridized carbons (Fsp3) is 0.727. The largest absolute Gasteiger partial charge is 0.479 e. The number of nitrogens with one attached hydrogen (secondary N) is 2. The predicted molar refractivity (Wildman–Crippen MR) is 63.7 cm³/mol. The van der Waals surface area contributed by atoms with E-state index in [1.807, 2.05) is 0 Å². The van der Waals surface area contributed by atoms with Crippen molar-refractivity contribution in [2.24, 2.45) is 5.92 Å². The molecule has 0 saturated carbocycles. The molecule has 0 saturated heterocycles. The number of amides is 2. The van der Waals surface area contributed by atoms with E-state index in [0.717, 1.165) is 0 Å². The summed E-state index contributed by atoms with van der Waals surface area (Å²) in [4.78, 5) is 33.0. The third-order valence-electron chi connectivity index (χ3n) is 2.31. The monoisotopic (exact) mass is 260 g/mol. The molecule has 4 N–H and O–H groups in total. The predicted octanol–water partition coefficient (Wildman–Crippen LogP) is -0.901. The number of aliphatic hydroxyl groups excluding tert-OH is 1. The maximum absolute atomic E-state index is 11.7. The minimum atomic E-state index is -1.50. The highest BCUT2D eigenvalue weighted by atomic mass is 16.4. The Kier molecular flexibility index (Phi) is 6.96. The number of aliphatic carboxylic acids is 1. The molecule has 1 unspecified atom stereocenters. The van der Waals surface area contributed by atoms with Crippen molar-refractivity contribution in [2.75, 3.05) is 6.54 Å². The summed E-state index contributed by atoms with van der Waals surface area (Å²) >= 11 is 0. The maximum atomic E-state index is 11.7. The molecule has 0 aliphatic heterocycles. The molecule has 2 atom stereocenters. The van der Waals surface area contributed by atoms with Gasteiger partial charge in [0, 0.05) is 19.9 Å². The van der Waals surface area contributed by atoms with Crippen LogP contribution in [0.15, 0.2) is 0 Å². The van der Waals surface area contributed by atoms with Crippen LogP contribution < -0.4 is 10.6 Å². The van der Waals surface area contributed by atoms with E-state index in [1.165, 1.54) is 6.92 Å². The lowest BCUT2D eigenvalue weighted by Crippen LogP contribution is -2.49. The lowest BCUT2D eigenvalue weighted by atomic mass is 10.0. The highest BCUT2D eigenvalue weighted by molar-refractivity contribution is 5.87. The molecule has 0 aromatic heterocycles. The summed E-state index contributed by atoms with van der Waals surface area (Å²) in [6, 6.07) is -0.663. The van der Waals surface area contributed by atoms with Crippen LogP contribution in [0.2, 0.25) is 0 Å². The molecule has 7 nitrogen and oxygen atoms in total. The first kappa shape index (κ1) is 16.4. The molecular weight excluding hydrogens is 240 g/mol. The number of hydrogen-bond donors (Lipinski definition) is 4. The number of carbonyl (C=O) groups is 3. The molecule has 104 valence electrons. The quantitative estimate of drug-likeness (QED) is 0.473. The maximum Gasteiger partial charge on any atom is 0.332 e. The second-order valence-corrected chi connectivity index (χ2v) is 4.36. The SMILES string of the molecule is CC(=O)NC(C(=O)NCC[C@H](O)C(=O)O)C(C)C. The van der Waals surface area contributed by atoms with Crippen LogP contribution in [0.5, 0.6) is 0 Å². The van der Waals surface area contributed by atoms with Gasteiger partial charge in [-0.1, -0.05) is 13.8 Å². The Morgan fingerprint density at radius 2 is 1.78 bits per heavy atom. The van der Waals surface area contributed by atoms with Gasteiger partial charge in [-0.15, -0.1) is 0 Å². The fourth-order valence-corrected chi connectivity index (χ4v) is 1.32. The molecule has 0 radical (unpaired) electrons. The topological polar surface area (TPSA) is 116 Å². The Hall–Kier alpha value is -1.63. The number of carbonyl (C=O) groups excluding carboxylic acids is 2. The summed E-state index contributed by atoms with van der Waals surface area (Å²) in [5, 5.41) is 22.4. The van der Waals surface area contributed by atoms with Crippen LogP contribution in [-0.4, -0.2) is 46.7 Å². The second kappa shape index (κ2) is 7.65. The number of carboxylic acid groups (broad SMARTS) is 1. The molecular formula is C11H20N2O5. The van der Waals surface area contributed by atoms with Crippen LogP contribution in [0.3, 0.4) is 0 Å². The highest BCUT2D eigenvalue weighted by Gasteiger charge is 2.23. The molecule has 0 aliphatic carbocycles. The Balaban J connectivity index is 4.19.